The Morgan fingerprint density at radius 2 is 1.04 bits per heavy atom. The molecule has 0 radical (unpaired) electrons. The molecule has 6 heteroatoms. The normalized spacial score (nSPS) is 11.1. The molecule has 0 aliphatic carbocycles. The fourth-order valence-electron chi connectivity index (χ4n) is 2.70. The Balaban J connectivity index is 1.65. The third kappa shape index (κ3) is 4.09. The summed E-state index contributed by atoms with van der Waals surface area (Å²) in [5, 5.41) is 9.91. The van der Waals surface area contributed by atoms with Crippen molar-refractivity contribution in [3.05, 3.63) is 95.2 Å². The van der Waals surface area contributed by atoms with E-state index in [2.05, 4.69) is 20.2 Å². The van der Waals surface area contributed by atoms with E-state index < -0.39 is 0 Å². The fourth-order valence-corrected chi connectivity index (χ4v) is 3.13. The van der Waals surface area contributed by atoms with E-state index in [1.165, 1.54) is 0 Å². The summed E-state index contributed by atoms with van der Waals surface area (Å²) in [7, 11) is 0. The lowest BCUT2D eigenvalue weighted by Crippen LogP contribution is -1.83. The molecular formula is C22H14Cl2N4. The first-order valence-electron chi connectivity index (χ1n) is 8.54. The molecule has 2 heterocycles. The number of hydrogen-bond donors (Lipinski definition) is 0. The summed E-state index contributed by atoms with van der Waals surface area (Å²) < 4.78 is 0. The highest BCUT2D eigenvalue weighted by Gasteiger charge is 2.07. The molecule has 0 unspecified atom stereocenters. The number of rotatable bonds is 4. The number of hydrogen-bond acceptors (Lipinski definition) is 4. The number of aromatic nitrogens is 2. The first-order chi connectivity index (χ1) is 13.7. The molecule has 2 aromatic heterocycles. The van der Waals surface area contributed by atoms with E-state index in [1.807, 2.05) is 60.7 Å². The van der Waals surface area contributed by atoms with Crippen LogP contribution in [0.2, 0.25) is 10.0 Å². The van der Waals surface area contributed by atoms with E-state index in [1.54, 1.807) is 24.5 Å². The van der Waals surface area contributed by atoms with E-state index >= 15 is 0 Å². The van der Waals surface area contributed by atoms with E-state index in [0.717, 1.165) is 22.5 Å². The molecule has 0 fully saturated rings. The van der Waals surface area contributed by atoms with Crippen LogP contribution in [0.3, 0.4) is 0 Å². The lowest BCUT2D eigenvalue weighted by atomic mass is 10.1. The van der Waals surface area contributed by atoms with Gasteiger partial charge in [-0.15, -0.1) is 0 Å². The largest absolute Gasteiger partial charge is 0.256 e. The maximum Gasteiger partial charge on any atom is 0.0864 e. The van der Waals surface area contributed by atoms with Crippen molar-refractivity contribution in [2.75, 3.05) is 0 Å². The molecule has 136 valence electrons. The first kappa shape index (κ1) is 18.3. The average molecular weight is 405 g/mol. The minimum Gasteiger partial charge on any atom is -0.256 e. The average Bonchev–Trinajstić information content (AvgIpc) is 2.75. The number of nitrogens with zero attached hydrogens (tertiary/aromatic N) is 4. The second-order valence-corrected chi connectivity index (χ2v) is 6.77. The van der Waals surface area contributed by atoms with Crippen LogP contribution in [0.1, 0.15) is 0 Å². The molecule has 0 aliphatic rings. The van der Waals surface area contributed by atoms with Gasteiger partial charge < -0.3 is 0 Å². The number of benzene rings is 2. The Morgan fingerprint density at radius 1 is 0.571 bits per heavy atom. The van der Waals surface area contributed by atoms with Gasteiger partial charge in [0.1, 0.15) is 0 Å². The van der Waals surface area contributed by atoms with Crippen LogP contribution < -0.4 is 0 Å². The molecule has 0 saturated carbocycles. The van der Waals surface area contributed by atoms with E-state index in [9.17, 15) is 0 Å². The molecule has 0 spiro atoms. The lowest BCUT2D eigenvalue weighted by molar-refractivity contribution is 1.23. The Hall–Kier alpha value is -3.08. The minimum atomic E-state index is 0.613. The summed E-state index contributed by atoms with van der Waals surface area (Å²) in [5.74, 6) is 0. The topological polar surface area (TPSA) is 50.5 Å². The van der Waals surface area contributed by atoms with Crippen LogP contribution >= 0.6 is 23.2 Å². The van der Waals surface area contributed by atoms with Crippen molar-refractivity contribution in [1.29, 1.82) is 0 Å². The Labute approximate surface area is 172 Å². The zero-order valence-corrected chi connectivity index (χ0v) is 16.1. The molecule has 0 amide bonds. The van der Waals surface area contributed by atoms with Gasteiger partial charge in [0, 0.05) is 23.5 Å². The van der Waals surface area contributed by atoms with E-state index in [0.29, 0.717) is 21.4 Å². The molecule has 0 atom stereocenters. The molecule has 0 N–H and O–H groups in total. The Kier molecular flexibility index (Phi) is 5.42. The molecule has 28 heavy (non-hydrogen) atoms. The SMILES string of the molecule is Clc1ccc(N=Nc2ccc(Cl)c(-c3ccccn3)c2)cc1-c1ccccn1. The van der Waals surface area contributed by atoms with Gasteiger partial charge in [0.2, 0.25) is 0 Å². The lowest BCUT2D eigenvalue weighted by Gasteiger charge is -2.05. The second-order valence-electron chi connectivity index (χ2n) is 5.96. The number of azo groups is 1. The molecule has 0 bridgehead atoms. The van der Waals surface area contributed by atoms with Crippen molar-refractivity contribution in [3.8, 4) is 22.5 Å². The van der Waals surface area contributed by atoms with Gasteiger partial charge in [-0.05, 0) is 60.7 Å². The molecule has 4 rings (SSSR count). The molecule has 0 aliphatic heterocycles. The van der Waals surface area contributed by atoms with Crippen molar-refractivity contribution in [3.63, 3.8) is 0 Å². The third-order valence-electron chi connectivity index (χ3n) is 4.06. The smallest absolute Gasteiger partial charge is 0.0864 e. The first-order valence-corrected chi connectivity index (χ1v) is 9.30. The van der Waals surface area contributed by atoms with Gasteiger partial charge in [0.05, 0.1) is 32.8 Å². The van der Waals surface area contributed by atoms with Gasteiger partial charge in [0.15, 0.2) is 0 Å². The zero-order chi connectivity index (χ0) is 19.3. The fraction of sp³-hybridized carbons (Fsp3) is 0. The van der Waals surface area contributed by atoms with Gasteiger partial charge in [0.25, 0.3) is 0 Å². The summed E-state index contributed by atoms with van der Waals surface area (Å²) in [6.45, 7) is 0. The standard InChI is InChI=1S/C22H14Cl2N4/c23-19-9-7-15(13-17(19)21-5-1-3-11-25-21)27-28-16-8-10-20(24)18(14-16)22-6-2-4-12-26-22/h1-14H. The van der Waals surface area contributed by atoms with Crippen LogP contribution in [0.25, 0.3) is 22.5 Å². The summed E-state index contributed by atoms with van der Waals surface area (Å²) in [5.41, 5.74) is 4.55. The summed E-state index contributed by atoms with van der Waals surface area (Å²) >= 11 is 12.6. The minimum absolute atomic E-state index is 0.613. The number of pyridine rings is 2. The van der Waals surface area contributed by atoms with Gasteiger partial charge in [-0.2, -0.15) is 10.2 Å². The van der Waals surface area contributed by atoms with Gasteiger partial charge in [-0.25, -0.2) is 0 Å². The third-order valence-corrected chi connectivity index (χ3v) is 4.72. The number of halogens is 2. The molecule has 4 aromatic rings. The van der Waals surface area contributed by atoms with E-state index in [4.69, 9.17) is 23.2 Å². The predicted octanol–water partition coefficient (Wildman–Crippen LogP) is 7.53. The summed E-state index contributed by atoms with van der Waals surface area (Å²) in [6, 6.07) is 22.3. The molecule has 0 saturated heterocycles. The van der Waals surface area contributed by atoms with Crippen LogP contribution in [0.4, 0.5) is 11.4 Å². The van der Waals surface area contributed by atoms with Crippen LogP contribution in [0.5, 0.6) is 0 Å². The highest BCUT2D eigenvalue weighted by molar-refractivity contribution is 6.33. The van der Waals surface area contributed by atoms with Gasteiger partial charge >= 0.3 is 0 Å². The highest BCUT2D eigenvalue weighted by atomic mass is 35.5. The van der Waals surface area contributed by atoms with Gasteiger partial charge in [-0.3, -0.25) is 9.97 Å². The van der Waals surface area contributed by atoms with Crippen LogP contribution in [0.15, 0.2) is 95.4 Å². The van der Waals surface area contributed by atoms with Crippen LogP contribution in [-0.2, 0) is 0 Å². The molecule has 2 aromatic carbocycles. The van der Waals surface area contributed by atoms with Crippen molar-refractivity contribution in [1.82, 2.24) is 9.97 Å². The zero-order valence-electron chi connectivity index (χ0n) is 14.6. The van der Waals surface area contributed by atoms with E-state index in [-0.39, 0.29) is 0 Å². The van der Waals surface area contributed by atoms with Crippen LogP contribution in [0, 0.1) is 0 Å². The van der Waals surface area contributed by atoms with Gasteiger partial charge in [-0.1, -0.05) is 35.3 Å². The van der Waals surface area contributed by atoms with Crippen molar-refractivity contribution in [2.24, 2.45) is 10.2 Å². The predicted molar refractivity (Wildman–Crippen MR) is 114 cm³/mol. The molecular weight excluding hydrogens is 391 g/mol. The summed E-state index contributed by atoms with van der Waals surface area (Å²) in [4.78, 5) is 8.69. The quantitative estimate of drug-likeness (QED) is 0.330. The monoisotopic (exact) mass is 404 g/mol. The van der Waals surface area contributed by atoms with Crippen molar-refractivity contribution < 1.29 is 0 Å². The van der Waals surface area contributed by atoms with Crippen molar-refractivity contribution in [2.45, 2.75) is 0 Å². The maximum absolute atomic E-state index is 6.32. The summed E-state index contributed by atoms with van der Waals surface area (Å²) in [6.07, 6.45) is 3.46. The van der Waals surface area contributed by atoms with Crippen molar-refractivity contribution >= 4 is 34.6 Å². The highest BCUT2D eigenvalue weighted by Crippen LogP contribution is 2.33. The Morgan fingerprint density at radius 3 is 1.43 bits per heavy atom. The Bertz CT molecular complexity index is 1040. The molecule has 4 nitrogen and oxygen atoms in total. The second kappa shape index (κ2) is 8.30. The van der Waals surface area contributed by atoms with Crippen LogP contribution in [-0.4, -0.2) is 9.97 Å². The maximum atomic E-state index is 6.32.